The number of ether oxygens (including phenoxy) is 7. The van der Waals surface area contributed by atoms with Crippen molar-refractivity contribution in [2.45, 2.75) is 179 Å². The Morgan fingerprint density at radius 3 is 0.800 bits per heavy atom. The number of hydrogen-bond acceptors (Lipinski definition) is 18. The van der Waals surface area contributed by atoms with Crippen LogP contribution in [0.5, 0.6) is 0 Å². The Balaban J connectivity index is -0.000000973. The molecular weight excluding hydrogens is 954 g/mol. The molecule has 0 rings (SSSR count). The Hall–Kier alpha value is -4.29. The number of carbonyl (C=O) groups is 7. The van der Waals surface area contributed by atoms with Crippen molar-refractivity contribution < 1.29 is 113 Å². The molecule has 0 bridgehead atoms. The monoisotopic (exact) mass is 1030 g/mol. The number of aliphatic hydroxyl groups is 4. The van der Waals surface area contributed by atoms with Gasteiger partial charge in [0.2, 0.25) is 0 Å². The van der Waals surface area contributed by atoms with E-state index in [4.69, 9.17) is 28.8 Å². The molecule has 0 amide bonds. The first-order valence-electron chi connectivity index (χ1n) is 22.1. The highest BCUT2D eigenvalue weighted by Gasteiger charge is 2.76. The second-order valence-electron chi connectivity index (χ2n) is 21.2. The Bertz CT molecular complexity index is 1690. The smallest absolute Gasteiger partial charge is 0.437 e. The summed E-state index contributed by atoms with van der Waals surface area (Å²) in [6.45, 7) is 26.5. The van der Waals surface area contributed by atoms with Gasteiger partial charge in [0, 0.05) is 5.41 Å². The fourth-order valence-electron chi connectivity index (χ4n) is 3.72. The predicted octanol–water partition coefficient (Wildman–Crippen LogP) is 6.27. The molecule has 70 heavy (non-hydrogen) atoms. The van der Waals surface area contributed by atoms with E-state index in [-0.39, 0.29) is 39.0 Å². The number of hydrogen-bond donors (Lipinski definition) is 4. The molecule has 0 aromatic rings. The van der Waals surface area contributed by atoms with Crippen LogP contribution in [0.3, 0.4) is 0 Å². The number of carbonyl (C=O) groups excluding carboxylic acids is 7. The maximum Gasteiger partial charge on any atom is 0.437 e. The Labute approximate surface area is 406 Å². The summed E-state index contributed by atoms with van der Waals surface area (Å²) >= 11 is 0. The SMILES string of the molecule is CCC(C)(C)C(=O)OCC(C)(C)COC(=O)C(C)(C)O.CCC(C)(C)C(=O)OCC(C)(COC(=O)C(C)(C)O)COC(=O)C(C)(C)O.CCC(C)(C)C(=O)OCCOC(=O)C(O)(C(F)(F)F)C(F)(F)F. The van der Waals surface area contributed by atoms with Gasteiger partial charge in [0.1, 0.15) is 33.0 Å². The van der Waals surface area contributed by atoms with E-state index in [0.29, 0.717) is 19.3 Å². The third-order valence-electron chi connectivity index (χ3n) is 10.3. The lowest BCUT2D eigenvalue weighted by Gasteiger charge is -2.31. The van der Waals surface area contributed by atoms with Crippen LogP contribution in [0.4, 0.5) is 26.3 Å². The molecule has 0 radical (unpaired) electrons. The summed E-state index contributed by atoms with van der Waals surface area (Å²) in [5, 5.41) is 37.5. The molecule has 0 spiro atoms. The van der Waals surface area contributed by atoms with Crippen LogP contribution in [0.25, 0.3) is 0 Å². The summed E-state index contributed by atoms with van der Waals surface area (Å²) in [5.74, 6) is -6.81. The lowest BCUT2D eigenvalue weighted by atomic mass is 9.90. The van der Waals surface area contributed by atoms with E-state index in [1.807, 2.05) is 41.5 Å². The van der Waals surface area contributed by atoms with Gasteiger partial charge < -0.3 is 53.6 Å². The van der Waals surface area contributed by atoms with Gasteiger partial charge in [-0.3, -0.25) is 14.4 Å². The number of halogens is 6. The van der Waals surface area contributed by atoms with Crippen LogP contribution in [0.2, 0.25) is 0 Å². The molecule has 0 fully saturated rings. The van der Waals surface area contributed by atoms with E-state index in [2.05, 4.69) is 9.47 Å². The number of rotatable bonds is 23. The van der Waals surface area contributed by atoms with Gasteiger partial charge in [-0.05, 0) is 109 Å². The minimum atomic E-state index is -6.32. The van der Waals surface area contributed by atoms with Gasteiger partial charge in [-0.2, -0.15) is 26.3 Å². The summed E-state index contributed by atoms with van der Waals surface area (Å²) in [6, 6.07) is 0. The van der Waals surface area contributed by atoms with Gasteiger partial charge >= 0.3 is 59.7 Å². The number of alkyl halides is 6. The average molecular weight is 1030 g/mol. The van der Waals surface area contributed by atoms with Crippen LogP contribution < -0.4 is 0 Å². The zero-order valence-corrected chi connectivity index (χ0v) is 43.8. The Morgan fingerprint density at radius 2 is 0.557 bits per heavy atom. The molecule has 0 aliphatic carbocycles. The maximum atomic E-state index is 12.3. The molecule has 4 N–H and O–H groups in total. The molecule has 0 saturated heterocycles. The molecule has 18 nitrogen and oxygen atoms in total. The highest BCUT2D eigenvalue weighted by Crippen LogP contribution is 2.44. The topological polar surface area (TPSA) is 265 Å². The quantitative estimate of drug-likeness (QED) is 0.0380. The fraction of sp³-hybridized carbons (Fsp3) is 0.848. The lowest BCUT2D eigenvalue weighted by molar-refractivity contribution is -0.357. The zero-order valence-electron chi connectivity index (χ0n) is 43.8. The van der Waals surface area contributed by atoms with E-state index in [1.165, 1.54) is 55.4 Å². The summed E-state index contributed by atoms with van der Waals surface area (Å²) < 4.78 is 108. The normalized spacial score (nSPS) is 13.3. The van der Waals surface area contributed by atoms with Gasteiger partial charge in [0.15, 0.2) is 16.8 Å². The fourth-order valence-corrected chi connectivity index (χ4v) is 3.72. The molecule has 0 aliphatic heterocycles. The van der Waals surface area contributed by atoms with Gasteiger partial charge in [-0.1, -0.05) is 34.6 Å². The Kier molecular flexibility index (Phi) is 26.4. The van der Waals surface area contributed by atoms with Crippen LogP contribution in [0, 0.1) is 27.1 Å². The molecule has 0 saturated carbocycles. The highest BCUT2D eigenvalue weighted by atomic mass is 19.4. The van der Waals surface area contributed by atoms with Crippen LogP contribution in [-0.4, -0.2) is 143 Å². The highest BCUT2D eigenvalue weighted by molar-refractivity contribution is 5.82. The molecule has 412 valence electrons. The lowest BCUT2D eigenvalue weighted by Crippen LogP contribution is -2.63. The molecule has 24 heteroatoms. The minimum Gasteiger partial charge on any atom is -0.465 e. The third-order valence-corrected chi connectivity index (χ3v) is 10.3. The van der Waals surface area contributed by atoms with Gasteiger partial charge in [0.05, 0.1) is 34.9 Å². The van der Waals surface area contributed by atoms with Gasteiger partial charge in [-0.25, -0.2) is 19.2 Å². The second kappa shape index (κ2) is 26.4. The predicted molar refractivity (Wildman–Crippen MR) is 237 cm³/mol. The average Bonchev–Trinajstić information content (AvgIpc) is 3.21. The van der Waals surface area contributed by atoms with Crippen molar-refractivity contribution in [1.82, 2.24) is 0 Å². The largest absolute Gasteiger partial charge is 0.465 e. The minimum absolute atomic E-state index is 0.0790. The molecule has 0 aromatic heterocycles. The first-order chi connectivity index (χ1) is 30.9. The first kappa shape index (κ1) is 70.0. The molecule has 0 aromatic carbocycles. The van der Waals surface area contributed by atoms with E-state index in [9.17, 15) is 75.2 Å². The van der Waals surface area contributed by atoms with Crippen LogP contribution in [0.1, 0.15) is 144 Å². The summed E-state index contributed by atoms with van der Waals surface area (Å²) in [5.41, 5.74) is -14.2. The second-order valence-corrected chi connectivity index (χ2v) is 21.2. The van der Waals surface area contributed by atoms with Crippen LogP contribution >= 0.6 is 0 Å². The Morgan fingerprint density at radius 1 is 0.343 bits per heavy atom. The van der Waals surface area contributed by atoms with E-state index < -0.39 is 111 Å². The molecule has 0 unspecified atom stereocenters. The van der Waals surface area contributed by atoms with Gasteiger partial charge in [-0.15, -0.1) is 0 Å². The third kappa shape index (κ3) is 24.2. The summed E-state index contributed by atoms with van der Waals surface area (Å²) in [6.07, 6.45) is -11.0. The first-order valence-corrected chi connectivity index (χ1v) is 22.1. The summed E-state index contributed by atoms with van der Waals surface area (Å²) in [7, 11) is 0. The van der Waals surface area contributed by atoms with Crippen molar-refractivity contribution in [3.8, 4) is 0 Å². The van der Waals surface area contributed by atoms with Crippen molar-refractivity contribution in [3.05, 3.63) is 0 Å². The summed E-state index contributed by atoms with van der Waals surface area (Å²) in [4.78, 5) is 81.7. The molecular formula is C46H78F6O18. The maximum absolute atomic E-state index is 12.3. The van der Waals surface area contributed by atoms with Crippen molar-refractivity contribution in [2.75, 3.05) is 46.2 Å². The van der Waals surface area contributed by atoms with Crippen LogP contribution in [-0.2, 0) is 66.7 Å². The van der Waals surface area contributed by atoms with Crippen LogP contribution in [0.15, 0.2) is 0 Å². The van der Waals surface area contributed by atoms with E-state index >= 15 is 0 Å². The van der Waals surface area contributed by atoms with E-state index in [1.54, 1.807) is 27.7 Å². The standard InChI is InChI=1S/C19H34O8.C15H28O5.C12H16F6O5/c1-9-16(2,3)13(20)25-10-19(8,11-26-14(21)17(4,5)23)12-27-15(22)18(6,7)24;1-8-14(4,5)11(16)19-9-13(2,3)10-20-12(17)15(6,7)18;1-4-9(2,3)7(19)22-5-6-23-8(20)10(21,11(13,14)15)12(16,17)18/h23-24H,9-12H2,1-8H3;18H,8-10H2,1-7H3;21H,4-6H2,1-3H3. The van der Waals surface area contributed by atoms with Gasteiger partial charge in [0.25, 0.3) is 0 Å². The van der Waals surface area contributed by atoms with Crippen molar-refractivity contribution in [2.24, 2.45) is 27.1 Å². The van der Waals surface area contributed by atoms with Crippen molar-refractivity contribution >= 4 is 41.8 Å². The number of esters is 7. The zero-order chi connectivity index (χ0) is 56.6. The van der Waals surface area contributed by atoms with E-state index in [0.717, 1.165) is 0 Å². The molecule has 0 aliphatic rings. The van der Waals surface area contributed by atoms with Crippen molar-refractivity contribution in [3.63, 3.8) is 0 Å². The molecule has 0 heterocycles. The molecule has 0 atom stereocenters. The van der Waals surface area contributed by atoms with Crippen molar-refractivity contribution in [1.29, 1.82) is 0 Å².